The zero-order valence-electron chi connectivity index (χ0n) is 8.90. The van der Waals surface area contributed by atoms with Crippen LogP contribution in [0.25, 0.3) is 0 Å². The fourth-order valence-electron chi connectivity index (χ4n) is 1.37. The number of allylic oxidation sites excluding steroid dienone is 2. The van der Waals surface area contributed by atoms with Crippen molar-refractivity contribution in [3.8, 4) is 0 Å². The molecule has 1 aromatic rings. The maximum atomic E-state index is 4.44. The third-order valence-electron chi connectivity index (χ3n) is 1.95. The van der Waals surface area contributed by atoms with Crippen molar-refractivity contribution in [2.45, 2.75) is 20.3 Å². The number of hydrogen-bond acceptors (Lipinski definition) is 1. The number of nitrogens with zero attached hydrogens (tertiary/aromatic N) is 1. The first kappa shape index (κ1) is 10.7. The fraction of sp³-hybridized carbons (Fsp3) is 0.308. The molecule has 0 amide bonds. The molecule has 0 aromatic heterocycles. The summed E-state index contributed by atoms with van der Waals surface area (Å²) in [5, 5.41) is 0. The molecule has 0 radical (unpaired) electrons. The molecule has 0 spiro atoms. The first-order valence-electron chi connectivity index (χ1n) is 5.06. The van der Waals surface area contributed by atoms with Crippen LogP contribution >= 0.6 is 0 Å². The van der Waals surface area contributed by atoms with Crippen LogP contribution in [0.5, 0.6) is 0 Å². The molecule has 1 heteroatoms. The summed E-state index contributed by atoms with van der Waals surface area (Å²) in [6, 6.07) is 10.4. The van der Waals surface area contributed by atoms with Gasteiger partial charge in [0.2, 0.25) is 0 Å². The van der Waals surface area contributed by atoms with Crippen LogP contribution in [0.3, 0.4) is 0 Å². The Labute approximate surface area is 86.2 Å². The molecule has 0 bridgehead atoms. The molecule has 0 fully saturated rings. The fourth-order valence-corrected chi connectivity index (χ4v) is 1.37. The highest BCUT2D eigenvalue weighted by Crippen LogP contribution is 2.02. The maximum absolute atomic E-state index is 4.44. The molecule has 0 atom stereocenters. The molecule has 0 unspecified atom stereocenters. The second-order valence-corrected chi connectivity index (χ2v) is 3.13. The predicted molar refractivity (Wildman–Crippen MR) is 62.9 cm³/mol. The van der Waals surface area contributed by atoms with E-state index in [1.54, 1.807) is 0 Å². The third kappa shape index (κ3) is 3.56. The summed E-state index contributed by atoms with van der Waals surface area (Å²) in [5.41, 5.74) is 2.47. The van der Waals surface area contributed by atoms with Gasteiger partial charge < -0.3 is 0 Å². The lowest BCUT2D eigenvalue weighted by atomic mass is 10.1. The second-order valence-electron chi connectivity index (χ2n) is 3.13. The summed E-state index contributed by atoms with van der Waals surface area (Å²) in [6.07, 6.45) is 5.05. The van der Waals surface area contributed by atoms with Crippen LogP contribution in [-0.2, 0) is 6.42 Å². The Morgan fingerprint density at radius 3 is 2.57 bits per heavy atom. The van der Waals surface area contributed by atoms with Gasteiger partial charge in [0, 0.05) is 18.7 Å². The molecule has 0 aliphatic rings. The van der Waals surface area contributed by atoms with E-state index in [1.807, 2.05) is 19.1 Å². The molecule has 1 aromatic carbocycles. The lowest BCUT2D eigenvalue weighted by molar-refractivity contribution is 1.11. The second kappa shape index (κ2) is 6.14. The largest absolute Gasteiger partial charge is 0.290 e. The van der Waals surface area contributed by atoms with Gasteiger partial charge in [-0.3, -0.25) is 4.99 Å². The Morgan fingerprint density at radius 2 is 2.00 bits per heavy atom. The van der Waals surface area contributed by atoms with E-state index in [4.69, 9.17) is 0 Å². The molecule has 74 valence electrons. The van der Waals surface area contributed by atoms with Gasteiger partial charge in [-0.05, 0) is 25.5 Å². The summed E-state index contributed by atoms with van der Waals surface area (Å²) >= 11 is 0. The van der Waals surface area contributed by atoms with E-state index >= 15 is 0 Å². The normalized spacial score (nSPS) is 12.3. The molecule has 0 saturated heterocycles. The van der Waals surface area contributed by atoms with Crippen molar-refractivity contribution >= 4 is 5.71 Å². The quantitative estimate of drug-likeness (QED) is 0.641. The minimum atomic E-state index is 0.854. The van der Waals surface area contributed by atoms with Crippen LogP contribution < -0.4 is 0 Å². The van der Waals surface area contributed by atoms with Gasteiger partial charge in [-0.25, -0.2) is 0 Å². The maximum Gasteiger partial charge on any atom is 0.0388 e. The lowest BCUT2D eigenvalue weighted by Crippen LogP contribution is -2.00. The molecular weight excluding hydrogens is 170 g/mol. The average molecular weight is 187 g/mol. The van der Waals surface area contributed by atoms with Gasteiger partial charge in [-0.2, -0.15) is 0 Å². The molecule has 1 rings (SSSR count). The zero-order chi connectivity index (χ0) is 10.2. The van der Waals surface area contributed by atoms with Crippen molar-refractivity contribution in [1.82, 2.24) is 0 Å². The van der Waals surface area contributed by atoms with Crippen molar-refractivity contribution in [2.24, 2.45) is 4.99 Å². The van der Waals surface area contributed by atoms with E-state index in [-0.39, 0.29) is 0 Å². The van der Waals surface area contributed by atoms with Crippen LogP contribution in [0.4, 0.5) is 0 Å². The van der Waals surface area contributed by atoms with E-state index < -0.39 is 0 Å². The Kier molecular flexibility index (Phi) is 4.70. The highest BCUT2D eigenvalue weighted by Gasteiger charge is 1.95. The van der Waals surface area contributed by atoms with Crippen LogP contribution in [0.15, 0.2) is 47.5 Å². The van der Waals surface area contributed by atoms with E-state index in [2.05, 4.69) is 42.3 Å². The van der Waals surface area contributed by atoms with E-state index in [0.717, 1.165) is 18.7 Å². The molecule has 0 aliphatic carbocycles. The van der Waals surface area contributed by atoms with E-state index in [1.165, 1.54) is 5.56 Å². The van der Waals surface area contributed by atoms with Gasteiger partial charge in [0.25, 0.3) is 0 Å². The topological polar surface area (TPSA) is 12.4 Å². The van der Waals surface area contributed by atoms with Crippen LogP contribution in [0.1, 0.15) is 19.4 Å². The van der Waals surface area contributed by atoms with E-state index in [0.29, 0.717) is 0 Å². The molecule has 14 heavy (non-hydrogen) atoms. The van der Waals surface area contributed by atoms with Crippen LogP contribution in [0.2, 0.25) is 0 Å². The average Bonchev–Trinajstić information content (AvgIpc) is 2.20. The van der Waals surface area contributed by atoms with Crippen molar-refractivity contribution in [2.75, 3.05) is 6.54 Å². The number of hydrogen-bond donors (Lipinski definition) is 0. The molecule has 0 N–H and O–H groups in total. The number of benzene rings is 1. The summed E-state index contributed by atoms with van der Waals surface area (Å²) < 4.78 is 0. The van der Waals surface area contributed by atoms with Gasteiger partial charge in [0.1, 0.15) is 0 Å². The monoisotopic (exact) mass is 187 g/mol. The zero-order valence-corrected chi connectivity index (χ0v) is 8.90. The Balaban J connectivity index is 2.70. The molecule has 1 nitrogen and oxygen atoms in total. The van der Waals surface area contributed by atoms with Crippen molar-refractivity contribution in [1.29, 1.82) is 0 Å². The molecule has 0 heterocycles. The molecule has 0 saturated carbocycles. The third-order valence-corrected chi connectivity index (χ3v) is 1.95. The van der Waals surface area contributed by atoms with Crippen LogP contribution in [0, 0.1) is 0 Å². The van der Waals surface area contributed by atoms with Crippen molar-refractivity contribution in [3.05, 3.63) is 48.0 Å². The van der Waals surface area contributed by atoms with E-state index in [9.17, 15) is 0 Å². The van der Waals surface area contributed by atoms with Crippen molar-refractivity contribution < 1.29 is 0 Å². The minimum absolute atomic E-state index is 0.854. The smallest absolute Gasteiger partial charge is 0.0388 e. The SMILES string of the molecule is C/C=C\C(Cc1ccccc1)=NCC. The van der Waals surface area contributed by atoms with Gasteiger partial charge in [0.05, 0.1) is 0 Å². The lowest BCUT2D eigenvalue weighted by Gasteiger charge is -2.01. The Bertz CT molecular complexity index is 309. The summed E-state index contributed by atoms with van der Waals surface area (Å²) in [5.74, 6) is 0. The molecule has 0 aliphatic heterocycles. The van der Waals surface area contributed by atoms with Crippen LogP contribution in [-0.4, -0.2) is 12.3 Å². The Morgan fingerprint density at radius 1 is 1.29 bits per heavy atom. The van der Waals surface area contributed by atoms with Gasteiger partial charge >= 0.3 is 0 Å². The van der Waals surface area contributed by atoms with Gasteiger partial charge in [-0.15, -0.1) is 0 Å². The van der Waals surface area contributed by atoms with Crippen molar-refractivity contribution in [3.63, 3.8) is 0 Å². The summed E-state index contributed by atoms with van der Waals surface area (Å²) in [7, 11) is 0. The van der Waals surface area contributed by atoms with Gasteiger partial charge in [0.15, 0.2) is 0 Å². The summed E-state index contributed by atoms with van der Waals surface area (Å²) in [6.45, 7) is 4.94. The standard InChI is InChI=1S/C13H17N/c1-3-8-13(14-4-2)11-12-9-6-5-7-10-12/h3,5-10H,4,11H2,1-2H3/b8-3-,14-13?. The summed E-state index contributed by atoms with van der Waals surface area (Å²) in [4.78, 5) is 4.44. The minimum Gasteiger partial charge on any atom is -0.290 e. The first-order valence-corrected chi connectivity index (χ1v) is 5.06. The highest BCUT2D eigenvalue weighted by atomic mass is 14.7. The first-order chi connectivity index (χ1) is 6.86. The molecular formula is C13H17N. The predicted octanol–water partition coefficient (Wildman–Crippen LogP) is 3.27. The Hall–Kier alpha value is -1.37. The highest BCUT2D eigenvalue weighted by molar-refractivity contribution is 5.96. The number of rotatable bonds is 4. The van der Waals surface area contributed by atoms with Gasteiger partial charge in [-0.1, -0.05) is 36.4 Å². The number of aliphatic imine (C=N–C) groups is 1.